The third kappa shape index (κ3) is 6.83. The molecule has 1 rings (SSSR count). The molecule has 0 spiro atoms. The predicted molar refractivity (Wildman–Crippen MR) is 73.6 cm³/mol. The maximum absolute atomic E-state index is 12.4. The molecule has 1 saturated carbocycles. The summed E-state index contributed by atoms with van der Waals surface area (Å²) in [6, 6.07) is 0. The van der Waals surface area contributed by atoms with Crippen molar-refractivity contribution in [3.8, 4) is 0 Å². The molecule has 0 N–H and O–H groups in total. The lowest BCUT2D eigenvalue weighted by molar-refractivity contribution is -0.0737. The normalized spacial score (nSPS) is 19.5. The highest BCUT2D eigenvalue weighted by Gasteiger charge is 2.50. The lowest BCUT2D eigenvalue weighted by Crippen LogP contribution is -2.38. The van der Waals surface area contributed by atoms with Crippen LogP contribution in [0.15, 0.2) is 0 Å². The largest absolute Gasteiger partial charge is 0.523 e. The third-order valence-electron chi connectivity index (χ3n) is 3.31. The van der Waals surface area contributed by atoms with Gasteiger partial charge in [0, 0.05) is 0 Å². The van der Waals surface area contributed by atoms with Gasteiger partial charge in [-0.3, -0.25) is 8.37 Å². The van der Waals surface area contributed by atoms with Gasteiger partial charge >= 0.3 is 31.3 Å². The van der Waals surface area contributed by atoms with E-state index in [1.807, 2.05) is 0 Å². The van der Waals surface area contributed by atoms with Crippen molar-refractivity contribution in [2.24, 2.45) is 0 Å². The van der Waals surface area contributed by atoms with Crippen LogP contribution in [0.2, 0.25) is 0 Å². The van der Waals surface area contributed by atoms with E-state index in [0.717, 1.165) is 19.3 Å². The van der Waals surface area contributed by atoms with Crippen molar-refractivity contribution in [2.45, 2.75) is 55.3 Å². The van der Waals surface area contributed by atoms with Crippen LogP contribution in [0.5, 0.6) is 0 Å². The molecule has 15 heteroatoms. The van der Waals surface area contributed by atoms with Crippen LogP contribution in [0.1, 0.15) is 32.1 Å². The molecule has 0 aliphatic heterocycles. The first-order chi connectivity index (χ1) is 11.7. The smallest absolute Gasteiger partial charge is 0.375 e. The Morgan fingerprint density at radius 2 is 1.31 bits per heavy atom. The Balaban J connectivity index is 2.80. The number of halogens is 6. The summed E-state index contributed by atoms with van der Waals surface area (Å²) in [6.45, 7) is -2.52. The topological polar surface area (TPSA) is 96.0 Å². The zero-order chi connectivity index (χ0) is 20.2. The minimum absolute atomic E-state index is 0.456. The zero-order valence-electron chi connectivity index (χ0n) is 13.0. The van der Waals surface area contributed by atoms with Crippen molar-refractivity contribution in [2.75, 3.05) is 13.2 Å². The van der Waals surface area contributed by atoms with Crippen molar-refractivity contribution in [3.63, 3.8) is 0 Å². The molecule has 0 aromatic heterocycles. The number of rotatable bonds is 8. The van der Waals surface area contributed by atoms with Crippen LogP contribution < -0.4 is 0 Å². The van der Waals surface area contributed by atoms with Gasteiger partial charge < -0.3 is 4.74 Å². The van der Waals surface area contributed by atoms with Crippen molar-refractivity contribution in [1.29, 1.82) is 0 Å². The fourth-order valence-corrected chi connectivity index (χ4v) is 3.09. The molecule has 1 aliphatic rings. The standard InChI is InChI=1S/C11H16F6O7S2/c12-10(13,14)25(18,19)23-7-9(24-26(20,21)11(15,16)17)6-22-8-4-2-1-3-5-8/h8-9H,1-7H2. The van der Waals surface area contributed by atoms with Crippen LogP contribution in [-0.2, 0) is 33.3 Å². The van der Waals surface area contributed by atoms with Gasteiger partial charge in [-0.15, -0.1) is 0 Å². The molecule has 156 valence electrons. The minimum Gasteiger partial charge on any atom is -0.375 e. The molecule has 0 aromatic rings. The van der Waals surface area contributed by atoms with E-state index in [1.165, 1.54) is 0 Å². The summed E-state index contributed by atoms with van der Waals surface area (Å²) in [7, 11) is -12.3. The summed E-state index contributed by atoms with van der Waals surface area (Å²) in [5.74, 6) is 0. The van der Waals surface area contributed by atoms with Gasteiger partial charge in [-0.05, 0) is 12.8 Å². The molecule has 1 aliphatic carbocycles. The fourth-order valence-electron chi connectivity index (χ4n) is 2.04. The Morgan fingerprint density at radius 1 is 0.808 bits per heavy atom. The van der Waals surface area contributed by atoms with E-state index in [9.17, 15) is 43.2 Å². The zero-order valence-corrected chi connectivity index (χ0v) is 14.7. The third-order valence-corrected chi connectivity index (χ3v) is 5.41. The molecule has 26 heavy (non-hydrogen) atoms. The first-order valence-electron chi connectivity index (χ1n) is 7.22. The van der Waals surface area contributed by atoms with Gasteiger partial charge in [-0.25, -0.2) is 0 Å². The second-order valence-corrected chi connectivity index (χ2v) is 8.57. The maximum Gasteiger partial charge on any atom is 0.523 e. The molecule has 0 heterocycles. The Bertz CT molecular complexity index is 650. The predicted octanol–water partition coefficient (Wildman–Crippen LogP) is 2.44. The molecule has 1 fully saturated rings. The van der Waals surface area contributed by atoms with Crippen LogP contribution >= 0.6 is 0 Å². The SMILES string of the molecule is O=S(=O)(OCC(COC1CCCCC1)OS(=O)(=O)C(F)(F)F)C(F)(F)F. The number of ether oxygens (including phenoxy) is 1. The first-order valence-corrected chi connectivity index (χ1v) is 10.0. The van der Waals surface area contributed by atoms with Crippen molar-refractivity contribution >= 4 is 20.2 Å². The van der Waals surface area contributed by atoms with Crippen LogP contribution in [0.25, 0.3) is 0 Å². The molecule has 0 saturated heterocycles. The van der Waals surface area contributed by atoms with E-state index in [-0.39, 0.29) is 0 Å². The fraction of sp³-hybridized carbons (Fsp3) is 1.00. The molecule has 7 nitrogen and oxygen atoms in total. The highest BCUT2D eigenvalue weighted by atomic mass is 32.2. The summed E-state index contributed by atoms with van der Waals surface area (Å²) in [6.07, 6.45) is 0.727. The highest BCUT2D eigenvalue weighted by Crippen LogP contribution is 2.28. The Hall–Kier alpha value is -0.640. The van der Waals surface area contributed by atoms with Crippen LogP contribution in [0.4, 0.5) is 26.3 Å². The van der Waals surface area contributed by atoms with E-state index >= 15 is 0 Å². The van der Waals surface area contributed by atoms with Gasteiger partial charge in [0.1, 0.15) is 6.10 Å². The first kappa shape index (κ1) is 23.4. The molecule has 0 radical (unpaired) electrons. The molecule has 0 aromatic carbocycles. The maximum atomic E-state index is 12.4. The average molecular weight is 438 g/mol. The highest BCUT2D eigenvalue weighted by molar-refractivity contribution is 7.88. The summed E-state index contributed by atoms with van der Waals surface area (Å²) in [5.41, 5.74) is -11.7. The summed E-state index contributed by atoms with van der Waals surface area (Å²) in [4.78, 5) is 0. The van der Waals surface area contributed by atoms with E-state index in [1.54, 1.807) is 0 Å². The molecule has 0 amide bonds. The van der Waals surface area contributed by atoms with E-state index in [2.05, 4.69) is 8.37 Å². The lowest BCUT2D eigenvalue weighted by atomic mass is 9.98. The molecule has 1 unspecified atom stereocenters. The lowest BCUT2D eigenvalue weighted by Gasteiger charge is -2.25. The molecule has 1 atom stereocenters. The quantitative estimate of drug-likeness (QED) is 0.326. The minimum atomic E-state index is -6.19. The molecular formula is C11H16F6O7S2. The van der Waals surface area contributed by atoms with Crippen LogP contribution in [0, 0.1) is 0 Å². The van der Waals surface area contributed by atoms with Crippen molar-refractivity contribution in [1.82, 2.24) is 0 Å². The van der Waals surface area contributed by atoms with Gasteiger partial charge in [0.25, 0.3) is 0 Å². The second-order valence-electron chi connectivity index (χ2n) is 5.40. The monoisotopic (exact) mass is 438 g/mol. The summed E-state index contributed by atoms with van der Waals surface area (Å²) in [5, 5.41) is 0. The Morgan fingerprint density at radius 3 is 1.77 bits per heavy atom. The van der Waals surface area contributed by atoms with Gasteiger partial charge in [0.05, 0.1) is 19.3 Å². The molecule has 0 bridgehead atoms. The summed E-state index contributed by atoms with van der Waals surface area (Å²) >= 11 is 0. The van der Waals surface area contributed by atoms with E-state index < -0.39 is 56.7 Å². The van der Waals surface area contributed by atoms with Crippen LogP contribution in [-0.4, -0.2) is 53.3 Å². The second kappa shape index (κ2) is 8.58. The van der Waals surface area contributed by atoms with E-state index in [0.29, 0.717) is 12.8 Å². The number of hydrogen-bond donors (Lipinski definition) is 0. The van der Waals surface area contributed by atoms with Crippen LogP contribution in [0.3, 0.4) is 0 Å². The number of alkyl halides is 6. The number of hydrogen-bond acceptors (Lipinski definition) is 7. The Kier molecular flexibility index (Phi) is 7.72. The van der Waals surface area contributed by atoms with E-state index in [4.69, 9.17) is 4.74 Å². The average Bonchev–Trinajstić information content (AvgIpc) is 2.48. The van der Waals surface area contributed by atoms with Crippen molar-refractivity contribution < 1.29 is 56.3 Å². The van der Waals surface area contributed by atoms with Crippen molar-refractivity contribution in [3.05, 3.63) is 0 Å². The van der Waals surface area contributed by atoms with Gasteiger partial charge in [0.15, 0.2) is 0 Å². The summed E-state index contributed by atoms with van der Waals surface area (Å²) < 4.78 is 130. The van der Waals surface area contributed by atoms with Gasteiger partial charge in [0.2, 0.25) is 0 Å². The van der Waals surface area contributed by atoms with Gasteiger partial charge in [-0.2, -0.15) is 43.2 Å². The molecular weight excluding hydrogens is 422 g/mol. The van der Waals surface area contributed by atoms with Gasteiger partial charge in [-0.1, -0.05) is 19.3 Å². The Labute approximate surface area is 145 Å².